The number of halogens is 1. The Kier molecular flexibility index (Phi) is 7.46. The number of aromatic nitrogens is 1. The number of ether oxygens (including phenoxy) is 2. The van der Waals surface area contributed by atoms with Gasteiger partial charge in [0, 0.05) is 5.56 Å². The second-order valence-corrected chi connectivity index (χ2v) is 10.4. The lowest BCUT2D eigenvalue weighted by Gasteiger charge is -2.26. The highest BCUT2D eigenvalue weighted by Crippen LogP contribution is 2.36. The van der Waals surface area contributed by atoms with Gasteiger partial charge < -0.3 is 14.6 Å². The molecule has 1 N–H and O–H groups in total. The molecule has 2 aromatic carbocycles. The van der Waals surface area contributed by atoms with Gasteiger partial charge in [-0.25, -0.2) is 9.79 Å². The van der Waals surface area contributed by atoms with Crippen molar-refractivity contribution in [3.8, 4) is 11.5 Å². The molecule has 0 bridgehead atoms. The number of hydrogen-bond donors (Lipinski definition) is 1. The summed E-state index contributed by atoms with van der Waals surface area (Å²) in [5, 5.41) is 9.84. The van der Waals surface area contributed by atoms with E-state index in [4.69, 9.17) is 9.47 Å². The number of nitrogens with zero attached hydrogens (tertiary/aromatic N) is 2. The molecule has 2 heterocycles. The molecule has 1 aromatic heterocycles. The van der Waals surface area contributed by atoms with E-state index in [1.807, 2.05) is 60.7 Å². The summed E-state index contributed by atoms with van der Waals surface area (Å²) in [4.78, 5) is 31.9. The topological polar surface area (TPSA) is 90.1 Å². The van der Waals surface area contributed by atoms with E-state index in [0.717, 1.165) is 5.56 Å². The molecule has 0 radical (unpaired) electrons. The zero-order chi connectivity index (χ0) is 25.3. The Morgan fingerprint density at radius 3 is 2.71 bits per heavy atom. The van der Waals surface area contributed by atoms with Crippen LogP contribution in [0.5, 0.6) is 11.5 Å². The van der Waals surface area contributed by atoms with Gasteiger partial charge in [0.05, 0.1) is 32.1 Å². The third kappa shape index (κ3) is 5.06. The lowest BCUT2D eigenvalue weighted by molar-refractivity contribution is -0.139. The van der Waals surface area contributed by atoms with E-state index in [9.17, 15) is 14.7 Å². The molecule has 9 heteroatoms. The summed E-state index contributed by atoms with van der Waals surface area (Å²) < 4.78 is 14.1. The Morgan fingerprint density at radius 2 is 2.03 bits per heavy atom. The minimum Gasteiger partial charge on any atom is -0.507 e. The molecule has 1 aliphatic rings. The summed E-state index contributed by atoms with van der Waals surface area (Å²) in [7, 11) is 0. The van der Waals surface area contributed by atoms with Gasteiger partial charge in [-0.1, -0.05) is 35.6 Å². The van der Waals surface area contributed by atoms with Crippen LogP contribution < -0.4 is 19.6 Å². The van der Waals surface area contributed by atoms with Crippen molar-refractivity contribution < 1.29 is 19.4 Å². The molecule has 35 heavy (non-hydrogen) atoms. The first-order valence-corrected chi connectivity index (χ1v) is 13.0. The molecule has 0 saturated heterocycles. The van der Waals surface area contributed by atoms with Crippen molar-refractivity contribution in [2.24, 2.45) is 4.99 Å². The van der Waals surface area contributed by atoms with Gasteiger partial charge in [0.1, 0.15) is 17.5 Å². The van der Waals surface area contributed by atoms with Crippen molar-refractivity contribution in [3.05, 3.63) is 88.1 Å². The van der Waals surface area contributed by atoms with Crippen LogP contribution in [0.15, 0.2) is 63.5 Å². The Labute approximate surface area is 220 Å². The standard InChI is InChI=1S/C26H25IN2O5S/c1-5-33-25(32)22-15(4)28-26-29(23(22)17-8-6-7-9-20(17)34-14(2)3)24(31)21(35-26)13-16-10-11-19(30)18(27)12-16/h6-14,23,30H,5H2,1-4H3/b21-13+/t23-/m1/s1. The molecular formula is C26H25IN2O5S. The summed E-state index contributed by atoms with van der Waals surface area (Å²) in [5.74, 6) is 0.257. The van der Waals surface area contributed by atoms with Gasteiger partial charge >= 0.3 is 5.97 Å². The third-order valence-corrected chi connectivity index (χ3v) is 7.21. The number of fused-ring (bicyclic) bond motifs is 1. The van der Waals surface area contributed by atoms with Gasteiger partial charge in [0.15, 0.2) is 4.80 Å². The van der Waals surface area contributed by atoms with Gasteiger partial charge in [-0.2, -0.15) is 0 Å². The van der Waals surface area contributed by atoms with Crippen molar-refractivity contribution in [1.29, 1.82) is 0 Å². The van der Waals surface area contributed by atoms with E-state index in [1.165, 1.54) is 11.3 Å². The molecule has 0 amide bonds. The summed E-state index contributed by atoms with van der Waals surface area (Å²) in [6.07, 6.45) is 1.67. The molecule has 0 unspecified atom stereocenters. The number of phenols is 1. The lowest BCUT2D eigenvalue weighted by atomic mass is 9.95. The van der Waals surface area contributed by atoms with Gasteiger partial charge in [-0.15, -0.1) is 0 Å². The highest BCUT2D eigenvalue weighted by molar-refractivity contribution is 14.1. The maximum Gasteiger partial charge on any atom is 0.338 e. The smallest absolute Gasteiger partial charge is 0.338 e. The number of thiazole rings is 1. The van der Waals surface area contributed by atoms with E-state index < -0.39 is 12.0 Å². The maximum atomic E-state index is 13.7. The SMILES string of the molecule is CCOC(=O)C1=C(C)N=c2s/c(=C/c3ccc(O)c(I)c3)c(=O)n2[C@@H]1c1ccccc1OC(C)C. The predicted molar refractivity (Wildman–Crippen MR) is 143 cm³/mol. The van der Waals surface area contributed by atoms with Crippen LogP contribution in [0.1, 0.15) is 44.9 Å². The zero-order valence-corrected chi connectivity index (χ0v) is 22.7. The highest BCUT2D eigenvalue weighted by Gasteiger charge is 2.35. The van der Waals surface area contributed by atoms with E-state index >= 15 is 0 Å². The van der Waals surface area contributed by atoms with Crippen LogP contribution >= 0.6 is 33.9 Å². The number of rotatable bonds is 6. The lowest BCUT2D eigenvalue weighted by Crippen LogP contribution is -2.40. The largest absolute Gasteiger partial charge is 0.507 e. The monoisotopic (exact) mass is 604 g/mol. The van der Waals surface area contributed by atoms with Crippen LogP contribution in [0, 0.1) is 3.57 Å². The molecule has 0 aliphatic carbocycles. The number of aromatic hydroxyl groups is 1. The average Bonchev–Trinajstić information content (AvgIpc) is 3.10. The van der Waals surface area contributed by atoms with Crippen molar-refractivity contribution in [2.75, 3.05) is 6.61 Å². The second-order valence-electron chi connectivity index (χ2n) is 8.22. The molecule has 3 aromatic rings. The number of para-hydroxylation sites is 1. The third-order valence-electron chi connectivity index (χ3n) is 5.36. The van der Waals surface area contributed by atoms with E-state index in [2.05, 4.69) is 4.99 Å². The Hall–Kier alpha value is -2.92. The normalized spacial score (nSPS) is 15.7. The minimum atomic E-state index is -0.748. The van der Waals surface area contributed by atoms with Crippen molar-refractivity contribution in [1.82, 2.24) is 4.57 Å². The minimum absolute atomic E-state index is 0.0971. The number of carbonyl (C=O) groups is 1. The fourth-order valence-corrected chi connectivity index (χ4v) is 5.50. The van der Waals surface area contributed by atoms with E-state index in [0.29, 0.717) is 35.5 Å². The highest BCUT2D eigenvalue weighted by atomic mass is 127. The fraction of sp³-hybridized carbons (Fsp3) is 0.269. The average molecular weight is 604 g/mol. The van der Waals surface area contributed by atoms with Crippen molar-refractivity contribution in [2.45, 2.75) is 39.8 Å². The number of carbonyl (C=O) groups excluding carboxylic acids is 1. The van der Waals surface area contributed by atoms with Crippen LogP contribution in [-0.4, -0.2) is 28.4 Å². The molecule has 4 rings (SSSR count). The second kappa shape index (κ2) is 10.4. The van der Waals surface area contributed by atoms with Crippen LogP contribution in [0.4, 0.5) is 0 Å². The van der Waals surface area contributed by atoms with Gasteiger partial charge in [-0.3, -0.25) is 9.36 Å². The number of esters is 1. The van der Waals surface area contributed by atoms with Gasteiger partial charge in [0.25, 0.3) is 5.56 Å². The first-order chi connectivity index (χ1) is 16.7. The van der Waals surface area contributed by atoms with Gasteiger partial charge in [-0.05, 0) is 80.1 Å². The summed E-state index contributed by atoms with van der Waals surface area (Å²) in [6, 6.07) is 11.8. The summed E-state index contributed by atoms with van der Waals surface area (Å²) in [6.45, 7) is 7.55. The fourth-order valence-electron chi connectivity index (χ4n) is 3.92. The van der Waals surface area contributed by atoms with E-state index in [1.54, 1.807) is 42.7 Å². The van der Waals surface area contributed by atoms with Crippen LogP contribution in [0.2, 0.25) is 0 Å². The van der Waals surface area contributed by atoms with Crippen LogP contribution in [-0.2, 0) is 9.53 Å². The molecular weight excluding hydrogens is 579 g/mol. The molecule has 0 fully saturated rings. The Bertz CT molecular complexity index is 1500. The van der Waals surface area contributed by atoms with E-state index in [-0.39, 0.29) is 24.0 Å². The molecule has 1 atom stereocenters. The quantitative estimate of drug-likeness (QED) is 0.341. The van der Waals surface area contributed by atoms with Crippen LogP contribution in [0.25, 0.3) is 6.08 Å². The first-order valence-electron chi connectivity index (χ1n) is 11.1. The maximum absolute atomic E-state index is 13.7. The zero-order valence-electron chi connectivity index (χ0n) is 19.7. The summed E-state index contributed by atoms with van der Waals surface area (Å²) >= 11 is 3.29. The number of allylic oxidation sites excluding steroid dienone is 1. The van der Waals surface area contributed by atoms with Crippen molar-refractivity contribution in [3.63, 3.8) is 0 Å². The van der Waals surface area contributed by atoms with Crippen molar-refractivity contribution >= 4 is 46.0 Å². The number of phenolic OH excluding ortho intramolecular Hbond substituents is 1. The molecule has 7 nitrogen and oxygen atoms in total. The first kappa shape index (κ1) is 25.2. The van der Waals surface area contributed by atoms with Gasteiger partial charge in [0.2, 0.25) is 0 Å². The molecule has 1 aliphatic heterocycles. The number of hydrogen-bond acceptors (Lipinski definition) is 7. The Morgan fingerprint density at radius 1 is 1.29 bits per heavy atom. The Balaban J connectivity index is 1.98. The molecule has 0 saturated carbocycles. The predicted octanol–water partition coefficient (Wildman–Crippen LogP) is 3.90. The molecule has 0 spiro atoms. The summed E-state index contributed by atoms with van der Waals surface area (Å²) in [5.41, 5.74) is 2.00. The number of benzene rings is 2. The molecule has 182 valence electrons. The van der Waals surface area contributed by atoms with Crippen LogP contribution in [0.3, 0.4) is 0 Å².